The first-order valence-corrected chi connectivity index (χ1v) is 7.81. The number of benzene rings is 1. The SMILES string of the molecule is Cc1ccc(Br)cc1C(=NC1CCCCCC1)NN. The van der Waals surface area contributed by atoms with Crippen molar-refractivity contribution in [1.29, 1.82) is 0 Å². The Labute approximate surface area is 123 Å². The van der Waals surface area contributed by atoms with E-state index in [2.05, 4.69) is 40.4 Å². The van der Waals surface area contributed by atoms with Crippen LogP contribution < -0.4 is 11.3 Å². The highest BCUT2D eigenvalue weighted by Crippen LogP contribution is 2.22. The fraction of sp³-hybridized carbons (Fsp3) is 0.533. The Kier molecular flexibility index (Phi) is 5.40. The van der Waals surface area contributed by atoms with Crippen molar-refractivity contribution in [2.45, 2.75) is 51.5 Å². The lowest BCUT2D eigenvalue weighted by Gasteiger charge is -2.14. The Hall–Kier alpha value is -0.870. The second kappa shape index (κ2) is 7.06. The quantitative estimate of drug-likeness (QED) is 0.287. The number of rotatable bonds is 2. The summed E-state index contributed by atoms with van der Waals surface area (Å²) in [4.78, 5) is 4.85. The minimum atomic E-state index is 0.409. The third-order valence-corrected chi connectivity index (χ3v) is 4.22. The summed E-state index contributed by atoms with van der Waals surface area (Å²) in [6.45, 7) is 2.09. The Balaban J connectivity index is 2.24. The molecule has 0 unspecified atom stereocenters. The van der Waals surface area contributed by atoms with E-state index in [4.69, 9.17) is 10.8 Å². The molecule has 1 aliphatic rings. The van der Waals surface area contributed by atoms with Crippen molar-refractivity contribution >= 4 is 21.8 Å². The van der Waals surface area contributed by atoms with Crippen molar-refractivity contribution in [3.8, 4) is 0 Å². The van der Waals surface area contributed by atoms with Crippen LogP contribution in [0.15, 0.2) is 27.7 Å². The zero-order valence-corrected chi connectivity index (χ0v) is 13.0. The van der Waals surface area contributed by atoms with Crippen molar-refractivity contribution in [3.63, 3.8) is 0 Å². The van der Waals surface area contributed by atoms with E-state index in [1.807, 2.05) is 6.07 Å². The van der Waals surface area contributed by atoms with Crippen LogP contribution >= 0.6 is 15.9 Å². The number of amidine groups is 1. The summed E-state index contributed by atoms with van der Waals surface area (Å²) in [6, 6.07) is 6.61. The number of hydrogen-bond acceptors (Lipinski definition) is 2. The first kappa shape index (κ1) is 14.5. The van der Waals surface area contributed by atoms with Gasteiger partial charge in [-0.3, -0.25) is 4.99 Å². The fourth-order valence-corrected chi connectivity index (χ4v) is 2.96. The Morgan fingerprint density at radius 1 is 1.26 bits per heavy atom. The van der Waals surface area contributed by atoms with Crippen molar-refractivity contribution in [2.24, 2.45) is 10.8 Å². The summed E-state index contributed by atoms with van der Waals surface area (Å²) < 4.78 is 1.05. The predicted molar refractivity (Wildman–Crippen MR) is 84.2 cm³/mol. The molecule has 0 atom stereocenters. The largest absolute Gasteiger partial charge is 0.308 e. The van der Waals surface area contributed by atoms with Crippen molar-refractivity contribution in [2.75, 3.05) is 0 Å². The monoisotopic (exact) mass is 323 g/mol. The molecule has 3 N–H and O–H groups in total. The average Bonchev–Trinajstić information content (AvgIpc) is 2.67. The molecule has 1 aromatic carbocycles. The second-order valence-corrected chi connectivity index (χ2v) is 6.14. The van der Waals surface area contributed by atoms with Gasteiger partial charge in [0.2, 0.25) is 0 Å². The molecule has 0 saturated heterocycles. The molecule has 104 valence electrons. The molecule has 0 aliphatic heterocycles. The summed E-state index contributed by atoms with van der Waals surface area (Å²) in [5.41, 5.74) is 5.06. The summed E-state index contributed by atoms with van der Waals surface area (Å²) in [6.07, 6.45) is 7.60. The molecule has 1 aromatic rings. The minimum absolute atomic E-state index is 0.409. The highest BCUT2D eigenvalue weighted by Gasteiger charge is 2.14. The molecule has 19 heavy (non-hydrogen) atoms. The predicted octanol–water partition coefficient (Wildman–Crippen LogP) is 3.69. The van der Waals surface area contributed by atoms with E-state index in [1.165, 1.54) is 44.1 Å². The van der Waals surface area contributed by atoms with E-state index < -0.39 is 0 Å². The molecule has 0 amide bonds. The van der Waals surface area contributed by atoms with Crippen LogP contribution in [0.1, 0.15) is 49.7 Å². The molecule has 3 nitrogen and oxygen atoms in total. The first-order chi connectivity index (χ1) is 9.20. The maximum absolute atomic E-state index is 5.68. The fourth-order valence-electron chi connectivity index (χ4n) is 2.60. The molecule has 0 spiro atoms. The smallest absolute Gasteiger partial charge is 0.143 e. The van der Waals surface area contributed by atoms with Crippen LogP contribution in [0.5, 0.6) is 0 Å². The van der Waals surface area contributed by atoms with Crippen LogP contribution in [-0.4, -0.2) is 11.9 Å². The lowest BCUT2D eigenvalue weighted by molar-refractivity contribution is 0.583. The van der Waals surface area contributed by atoms with Crippen LogP contribution in [0.25, 0.3) is 0 Å². The number of aliphatic imine (C=N–C) groups is 1. The van der Waals surface area contributed by atoms with Crippen LogP contribution in [0, 0.1) is 6.92 Å². The maximum atomic E-state index is 5.68. The van der Waals surface area contributed by atoms with E-state index >= 15 is 0 Å². The van der Waals surface area contributed by atoms with E-state index in [1.54, 1.807) is 0 Å². The number of hydrogen-bond donors (Lipinski definition) is 2. The van der Waals surface area contributed by atoms with Crippen LogP contribution in [-0.2, 0) is 0 Å². The molecule has 4 heteroatoms. The van der Waals surface area contributed by atoms with Crippen LogP contribution in [0.4, 0.5) is 0 Å². The van der Waals surface area contributed by atoms with Crippen LogP contribution in [0.3, 0.4) is 0 Å². The summed E-state index contributed by atoms with van der Waals surface area (Å²) in [5.74, 6) is 6.49. The number of aryl methyl sites for hydroxylation is 1. The van der Waals surface area contributed by atoms with Gasteiger partial charge in [-0.15, -0.1) is 0 Å². The van der Waals surface area contributed by atoms with Crippen molar-refractivity contribution in [1.82, 2.24) is 5.43 Å². The lowest BCUT2D eigenvalue weighted by atomic mass is 10.1. The highest BCUT2D eigenvalue weighted by molar-refractivity contribution is 9.10. The lowest BCUT2D eigenvalue weighted by Crippen LogP contribution is -2.33. The molecule has 1 aliphatic carbocycles. The summed E-state index contributed by atoms with van der Waals surface area (Å²) in [5, 5.41) is 0. The zero-order chi connectivity index (χ0) is 13.7. The van der Waals surface area contributed by atoms with E-state index in [0.29, 0.717) is 6.04 Å². The molecule has 2 rings (SSSR count). The number of nitrogens with two attached hydrogens (primary N) is 1. The molecular weight excluding hydrogens is 302 g/mol. The molecule has 0 bridgehead atoms. The van der Waals surface area contributed by atoms with Crippen molar-refractivity contribution < 1.29 is 0 Å². The second-order valence-electron chi connectivity index (χ2n) is 5.23. The van der Waals surface area contributed by atoms with Gasteiger partial charge < -0.3 is 5.43 Å². The average molecular weight is 324 g/mol. The molecule has 0 aromatic heterocycles. The summed E-state index contributed by atoms with van der Waals surface area (Å²) in [7, 11) is 0. The molecular formula is C15H22BrN3. The topological polar surface area (TPSA) is 50.4 Å². The summed E-state index contributed by atoms with van der Waals surface area (Å²) >= 11 is 3.51. The number of nitrogens with one attached hydrogen (secondary N) is 1. The van der Waals surface area contributed by atoms with Gasteiger partial charge in [0, 0.05) is 10.0 Å². The van der Waals surface area contributed by atoms with Gasteiger partial charge in [0.15, 0.2) is 0 Å². The Morgan fingerprint density at radius 2 is 1.95 bits per heavy atom. The third kappa shape index (κ3) is 4.05. The number of nitrogens with zero attached hydrogens (tertiary/aromatic N) is 1. The van der Waals surface area contributed by atoms with Gasteiger partial charge >= 0.3 is 0 Å². The Morgan fingerprint density at radius 3 is 2.58 bits per heavy atom. The molecule has 0 heterocycles. The minimum Gasteiger partial charge on any atom is -0.308 e. The zero-order valence-electron chi connectivity index (χ0n) is 11.5. The normalized spacial score (nSPS) is 18.2. The van der Waals surface area contributed by atoms with Gasteiger partial charge in [-0.25, -0.2) is 5.84 Å². The molecule has 0 radical (unpaired) electrons. The van der Waals surface area contributed by atoms with Gasteiger partial charge in [-0.05, 0) is 37.5 Å². The van der Waals surface area contributed by atoms with Gasteiger partial charge in [-0.2, -0.15) is 0 Å². The Bertz CT molecular complexity index is 449. The first-order valence-electron chi connectivity index (χ1n) is 7.01. The standard InChI is InChI=1S/C15H22BrN3/c1-11-8-9-12(16)10-14(11)15(19-17)18-13-6-4-2-3-5-7-13/h8-10,13H,2-7,17H2,1H3,(H,18,19). The van der Waals surface area contributed by atoms with E-state index in [9.17, 15) is 0 Å². The van der Waals surface area contributed by atoms with Crippen LogP contribution in [0.2, 0.25) is 0 Å². The van der Waals surface area contributed by atoms with Gasteiger partial charge in [-0.1, -0.05) is 47.7 Å². The molecule has 1 saturated carbocycles. The van der Waals surface area contributed by atoms with Gasteiger partial charge in [0.25, 0.3) is 0 Å². The number of hydrazine groups is 1. The van der Waals surface area contributed by atoms with E-state index in [-0.39, 0.29) is 0 Å². The maximum Gasteiger partial charge on any atom is 0.143 e. The number of halogens is 1. The van der Waals surface area contributed by atoms with Gasteiger partial charge in [0.1, 0.15) is 5.84 Å². The van der Waals surface area contributed by atoms with Crippen molar-refractivity contribution in [3.05, 3.63) is 33.8 Å². The molecule has 1 fully saturated rings. The third-order valence-electron chi connectivity index (χ3n) is 3.73. The highest BCUT2D eigenvalue weighted by atomic mass is 79.9. The van der Waals surface area contributed by atoms with Gasteiger partial charge in [0.05, 0.1) is 6.04 Å². The van der Waals surface area contributed by atoms with E-state index in [0.717, 1.165) is 15.9 Å².